The van der Waals surface area contributed by atoms with Gasteiger partial charge in [0.1, 0.15) is 0 Å². The molecule has 1 spiro atoms. The molecule has 3 nitrogen and oxygen atoms in total. The summed E-state index contributed by atoms with van der Waals surface area (Å²) in [4.78, 5) is 11.8. The Labute approximate surface area is 105 Å². The average Bonchev–Trinajstić information content (AvgIpc) is 3.00. The van der Waals surface area contributed by atoms with E-state index in [0.717, 1.165) is 24.1 Å². The summed E-state index contributed by atoms with van der Waals surface area (Å²) in [7, 11) is 0. The van der Waals surface area contributed by atoms with Crippen LogP contribution >= 0.6 is 0 Å². The Balaban J connectivity index is 2.11. The van der Waals surface area contributed by atoms with E-state index in [1.807, 2.05) is 19.1 Å². The summed E-state index contributed by atoms with van der Waals surface area (Å²) >= 11 is -0.267. The topological polar surface area (TPSA) is 52.3 Å². The summed E-state index contributed by atoms with van der Waals surface area (Å²) in [5.41, 5.74) is 7.52. The Morgan fingerprint density at radius 1 is 1.50 bits per heavy atom. The second-order valence-electron chi connectivity index (χ2n) is 4.48. The molecule has 0 aromatic carbocycles. The van der Waals surface area contributed by atoms with Crippen LogP contribution in [0.3, 0.4) is 0 Å². The summed E-state index contributed by atoms with van der Waals surface area (Å²) in [5, 5.41) is 0. The van der Waals surface area contributed by atoms with Gasteiger partial charge in [-0.1, -0.05) is 0 Å². The molecule has 0 bridgehead atoms. The SMILES string of the molecule is C[C@@H]1OC(=O)C2=C([I-]C=C(N)C=C2)C12CC2. The molecular formula is C12H13INO2-. The van der Waals surface area contributed by atoms with Gasteiger partial charge in [-0.25, -0.2) is 0 Å². The molecule has 3 rings (SSSR count). The van der Waals surface area contributed by atoms with Gasteiger partial charge in [-0.2, -0.15) is 0 Å². The summed E-state index contributed by atoms with van der Waals surface area (Å²) in [6.45, 7) is 2.01. The van der Waals surface area contributed by atoms with Gasteiger partial charge in [0.2, 0.25) is 0 Å². The molecule has 2 heterocycles. The summed E-state index contributed by atoms with van der Waals surface area (Å²) < 4.78 is 8.87. The number of hydrogen-bond donors (Lipinski definition) is 1. The van der Waals surface area contributed by atoms with Crippen molar-refractivity contribution in [3.63, 3.8) is 0 Å². The van der Waals surface area contributed by atoms with Gasteiger partial charge in [0, 0.05) is 0 Å². The monoisotopic (exact) mass is 330 g/mol. The van der Waals surface area contributed by atoms with E-state index in [1.54, 1.807) is 0 Å². The number of halogens is 1. The Morgan fingerprint density at radius 3 is 2.94 bits per heavy atom. The number of nitrogens with two attached hydrogens (primary N) is 1. The molecule has 1 fully saturated rings. The van der Waals surface area contributed by atoms with E-state index in [-0.39, 0.29) is 38.7 Å². The zero-order chi connectivity index (χ0) is 11.3. The predicted molar refractivity (Wildman–Crippen MR) is 55.7 cm³/mol. The molecule has 0 aromatic rings. The predicted octanol–water partition coefficient (Wildman–Crippen LogP) is -1.58. The first-order valence-electron chi connectivity index (χ1n) is 5.36. The third-order valence-electron chi connectivity index (χ3n) is 3.48. The molecule has 86 valence electrons. The number of esters is 1. The molecule has 0 unspecified atom stereocenters. The fourth-order valence-electron chi connectivity index (χ4n) is 2.28. The molecule has 1 saturated carbocycles. The van der Waals surface area contributed by atoms with E-state index < -0.39 is 0 Å². The fourth-order valence-corrected chi connectivity index (χ4v) is 5.49. The Hall–Kier alpha value is -0.780. The standard InChI is InChI=1S/C12H13INO2/c1-7-12(4-5-12)10-9(11(15)16-7)3-2-8(14)6-13-10/h2-3,6-7H,4-5,14H2,1H3/q-1/t7-/m0/s1. The second kappa shape index (κ2) is 3.35. The Bertz CT molecular complexity index is 458. The van der Waals surface area contributed by atoms with Gasteiger partial charge in [-0.15, -0.1) is 0 Å². The third-order valence-corrected chi connectivity index (χ3v) is 6.78. The van der Waals surface area contributed by atoms with Crippen molar-refractivity contribution >= 4 is 5.97 Å². The third kappa shape index (κ3) is 1.35. The van der Waals surface area contributed by atoms with Crippen LogP contribution in [0.4, 0.5) is 0 Å². The van der Waals surface area contributed by atoms with E-state index >= 15 is 0 Å². The average molecular weight is 330 g/mol. The van der Waals surface area contributed by atoms with Gasteiger partial charge in [0.25, 0.3) is 0 Å². The fraction of sp³-hybridized carbons (Fsp3) is 0.417. The molecule has 1 aliphatic carbocycles. The second-order valence-corrected chi connectivity index (χ2v) is 6.81. The van der Waals surface area contributed by atoms with E-state index in [4.69, 9.17) is 10.5 Å². The molecule has 16 heavy (non-hydrogen) atoms. The van der Waals surface area contributed by atoms with Crippen molar-refractivity contribution in [2.45, 2.75) is 25.9 Å². The molecule has 1 atom stereocenters. The summed E-state index contributed by atoms with van der Waals surface area (Å²) in [5.74, 6) is -0.168. The van der Waals surface area contributed by atoms with E-state index in [2.05, 4.69) is 4.08 Å². The summed E-state index contributed by atoms with van der Waals surface area (Å²) in [6.07, 6.45) is 6.00. The molecule has 0 amide bonds. The molecule has 2 aliphatic heterocycles. The molecule has 0 aromatic heterocycles. The number of hydrogen-bond acceptors (Lipinski definition) is 3. The van der Waals surface area contributed by atoms with Crippen LogP contribution < -0.4 is 26.9 Å². The van der Waals surface area contributed by atoms with Crippen LogP contribution in [0.2, 0.25) is 0 Å². The minimum absolute atomic E-state index is 0.0413. The van der Waals surface area contributed by atoms with Gasteiger partial charge in [0.15, 0.2) is 0 Å². The number of carbonyl (C=O) groups is 1. The maximum atomic E-state index is 11.8. The number of carbonyl (C=O) groups excluding carboxylic acids is 1. The molecule has 2 N–H and O–H groups in total. The van der Waals surface area contributed by atoms with Crippen LogP contribution in [0.15, 0.2) is 31.1 Å². The van der Waals surface area contributed by atoms with Crippen molar-refractivity contribution in [2.75, 3.05) is 0 Å². The van der Waals surface area contributed by atoms with Crippen molar-refractivity contribution in [3.8, 4) is 0 Å². The Morgan fingerprint density at radius 2 is 2.25 bits per heavy atom. The van der Waals surface area contributed by atoms with Crippen LogP contribution in [0, 0.1) is 5.41 Å². The number of ether oxygens (including phenoxy) is 1. The first-order chi connectivity index (χ1) is 7.63. The zero-order valence-electron chi connectivity index (χ0n) is 9.00. The number of rotatable bonds is 0. The van der Waals surface area contributed by atoms with Crippen molar-refractivity contribution in [3.05, 3.63) is 31.1 Å². The van der Waals surface area contributed by atoms with Gasteiger partial charge in [-0.05, 0) is 0 Å². The molecular weight excluding hydrogens is 317 g/mol. The van der Waals surface area contributed by atoms with Crippen molar-refractivity contribution in [2.24, 2.45) is 11.1 Å². The van der Waals surface area contributed by atoms with Gasteiger partial charge < -0.3 is 0 Å². The van der Waals surface area contributed by atoms with Crippen LogP contribution in [0.25, 0.3) is 0 Å². The van der Waals surface area contributed by atoms with Gasteiger partial charge in [-0.3, -0.25) is 0 Å². The molecule has 0 radical (unpaired) electrons. The minimum atomic E-state index is -0.267. The zero-order valence-corrected chi connectivity index (χ0v) is 11.2. The van der Waals surface area contributed by atoms with Crippen LogP contribution in [-0.4, -0.2) is 12.1 Å². The molecule has 3 aliphatic rings. The van der Waals surface area contributed by atoms with E-state index in [9.17, 15) is 4.79 Å². The van der Waals surface area contributed by atoms with Crippen molar-refractivity contribution in [1.29, 1.82) is 0 Å². The normalized spacial score (nSPS) is 31.2. The maximum absolute atomic E-state index is 11.8. The van der Waals surface area contributed by atoms with Gasteiger partial charge in [0.05, 0.1) is 0 Å². The number of fused-ring (bicyclic) bond motifs is 1. The van der Waals surface area contributed by atoms with E-state index in [0.29, 0.717) is 0 Å². The summed E-state index contributed by atoms with van der Waals surface area (Å²) in [6, 6.07) is 0. The van der Waals surface area contributed by atoms with Crippen molar-refractivity contribution < 1.29 is 30.7 Å². The van der Waals surface area contributed by atoms with Crippen molar-refractivity contribution in [1.82, 2.24) is 0 Å². The number of cyclic esters (lactones) is 1. The van der Waals surface area contributed by atoms with Crippen LogP contribution in [0.1, 0.15) is 19.8 Å². The first-order valence-corrected chi connectivity index (χ1v) is 7.69. The van der Waals surface area contributed by atoms with E-state index in [1.165, 1.54) is 3.58 Å². The molecule has 0 saturated heterocycles. The number of allylic oxidation sites excluding steroid dienone is 1. The van der Waals surface area contributed by atoms with Gasteiger partial charge >= 0.3 is 105 Å². The first kappa shape index (κ1) is 10.4. The quantitative estimate of drug-likeness (QED) is 0.431. The molecule has 4 heteroatoms. The van der Waals surface area contributed by atoms with Crippen LogP contribution in [0.5, 0.6) is 0 Å². The Kier molecular flexibility index (Phi) is 2.18. The van der Waals surface area contributed by atoms with Crippen LogP contribution in [-0.2, 0) is 9.53 Å².